The number of fused-ring (bicyclic) bond motifs is 1. The van der Waals surface area contributed by atoms with Crippen LogP contribution in [0.4, 0.5) is 0 Å². The van der Waals surface area contributed by atoms with Gasteiger partial charge in [0.15, 0.2) is 0 Å². The Labute approximate surface area is 179 Å². The van der Waals surface area contributed by atoms with Gasteiger partial charge in [0.1, 0.15) is 6.04 Å². The predicted octanol–water partition coefficient (Wildman–Crippen LogP) is 3.46. The van der Waals surface area contributed by atoms with Crippen LogP contribution in [0.3, 0.4) is 0 Å². The lowest BCUT2D eigenvalue weighted by atomic mass is 10.0. The van der Waals surface area contributed by atoms with E-state index in [1.807, 2.05) is 30.5 Å². The number of para-hydroxylation sites is 1. The fourth-order valence-corrected chi connectivity index (χ4v) is 3.98. The molecule has 3 aromatic rings. The number of amides is 2. The summed E-state index contributed by atoms with van der Waals surface area (Å²) in [7, 11) is 0. The van der Waals surface area contributed by atoms with Gasteiger partial charge >= 0.3 is 0 Å². The van der Waals surface area contributed by atoms with Gasteiger partial charge in [0.2, 0.25) is 5.91 Å². The summed E-state index contributed by atoms with van der Waals surface area (Å²) in [5.74, 6) is -0.617. The van der Waals surface area contributed by atoms with Crippen molar-refractivity contribution in [2.24, 2.45) is 0 Å². The summed E-state index contributed by atoms with van der Waals surface area (Å²) in [4.78, 5) is 29.0. The van der Waals surface area contributed by atoms with E-state index >= 15 is 0 Å². The number of ether oxygens (including phenoxy) is 1. The molecule has 2 unspecified atom stereocenters. The first-order chi connectivity index (χ1) is 14.6. The average molecular weight is 426 g/mol. The van der Waals surface area contributed by atoms with Gasteiger partial charge in [-0.3, -0.25) is 9.59 Å². The quantitative estimate of drug-likeness (QED) is 0.542. The number of carbonyl (C=O) groups excluding carboxylic acids is 2. The van der Waals surface area contributed by atoms with Gasteiger partial charge in [-0.25, -0.2) is 0 Å². The molecule has 1 saturated heterocycles. The first-order valence-electron chi connectivity index (χ1n) is 10.1. The normalized spacial score (nSPS) is 17.0. The number of carbonyl (C=O) groups is 2. The molecular formula is C23H24ClN3O3. The molecule has 0 aliphatic carbocycles. The van der Waals surface area contributed by atoms with Crippen molar-refractivity contribution in [3.63, 3.8) is 0 Å². The molecule has 4 rings (SSSR count). The second kappa shape index (κ2) is 9.32. The van der Waals surface area contributed by atoms with Gasteiger partial charge in [0.25, 0.3) is 5.91 Å². The van der Waals surface area contributed by atoms with Crippen LogP contribution in [0.25, 0.3) is 10.9 Å². The molecule has 2 heterocycles. The van der Waals surface area contributed by atoms with E-state index in [0.717, 1.165) is 35.9 Å². The summed E-state index contributed by atoms with van der Waals surface area (Å²) in [5, 5.41) is 7.17. The van der Waals surface area contributed by atoms with Crippen molar-refractivity contribution in [1.82, 2.24) is 15.6 Å². The number of benzene rings is 2. The molecule has 1 fully saturated rings. The fraction of sp³-hybridized carbons (Fsp3) is 0.304. The van der Waals surface area contributed by atoms with Crippen molar-refractivity contribution in [1.29, 1.82) is 0 Å². The van der Waals surface area contributed by atoms with Crippen molar-refractivity contribution in [2.45, 2.75) is 31.4 Å². The Balaban J connectivity index is 1.53. The van der Waals surface area contributed by atoms with Crippen molar-refractivity contribution in [3.8, 4) is 0 Å². The zero-order chi connectivity index (χ0) is 20.9. The van der Waals surface area contributed by atoms with E-state index in [0.29, 0.717) is 23.6 Å². The van der Waals surface area contributed by atoms with Crippen LogP contribution < -0.4 is 10.6 Å². The molecule has 2 amide bonds. The van der Waals surface area contributed by atoms with E-state index in [1.165, 1.54) is 0 Å². The standard InChI is InChI=1S/C23H24ClN3O3/c24-19-9-3-1-8-18(19)22(28)27-21(23(29)26-14-16-6-5-11-30-16)12-15-13-25-20-10-4-2-7-17(15)20/h1-4,7-10,13,16,21,25H,5-6,11-12,14H2,(H,26,29)(H,27,28). The molecule has 0 saturated carbocycles. The van der Waals surface area contributed by atoms with Crippen molar-refractivity contribution in [2.75, 3.05) is 13.2 Å². The smallest absolute Gasteiger partial charge is 0.253 e. The minimum Gasteiger partial charge on any atom is -0.376 e. The molecule has 0 bridgehead atoms. The van der Waals surface area contributed by atoms with Crippen LogP contribution in [0.1, 0.15) is 28.8 Å². The number of hydrogen-bond acceptors (Lipinski definition) is 3. The van der Waals surface area contributed by atoms with Gasteiger partial charge in [-0.2, -0.15) is 0 Å². The molecule has 3 N–H and O–H groups in total. The molecule has 0 spiro atoms. The van der Waals surface area contributed by atoms with E-state index < -0.39 is 6.04 Å². The third-order valence-corrected chi connectivity index (χ3v) is 5.70. The van der Waals surface area contributed by atoms with E-state index in [-0.39, 0.29) is 17.9 Å². The zero-order valence-electron chi connectivity index (χ0n) is 16.5. The molecule has 30 heavy (non-hydrogen) atoms. The summed E-state index contributed by atoms with van der Waals surface area (Å²) >= 11 is 6.17. The third kappa shape index (κ3) is 4.66. The fourth-order valence-electron chi connectivity index (χ4n) is 3.75. The summed E-state index contributed by atoms with van der Waals surface area (Å²) in [6.45, 7) is 1.16. The first kappa shape index (κ1) is 20.4. The molecule has 6 nitrogen and oxygen atoms in total. The highest BCUT2D eigenvalue weighted by atomic mass is 35.5. The Morgan fingerprint density at radius 2 is 1.97 bits per heavy atom. The average Bonchev–Trinajstić information content (AvgIpc) is 3.42. The minimum absolute atomic E-state index is 0.0296. The molecule has 2 atom stereocenters. The molecule has 1 aliphatic rings. The highest BCUT2D eigenvalue weighted by Gasteiger charge is 2.25. The Bertz CT molecular complexity index is 1040. The Morgan fingerprint density at radius 3 is 2.77 bits per heavy atom. The van der Waals surface area contributed by atoms with Crippen LogP contribution in [-0.4, -0.2) is 42.1 Å². The SMILES string of the molecule is O=C(NC(Cc1c[nH]c2ccccc12)C(=O)NCC1CCCO1)c1ccccc1Cl. The molecule has 1 aliphatic heterocycles. The number of nitrogens with one attached hydrogen (secondary N) is 3. The summed E-state index contributed by atoms with van der Waals surface area (Å²) in [5.41, 5.74) is 2.29. The van der Waals surface area contributed by atoms with E-state index in [2.05, 4.69) is 15.6 Å². The predicted molar refractivity (Wildman–Crippen MR) is 117 cm³/mol. The first-order valence-corrected chi connectivity index (χ1v) is 10.5. The number of hydrogen-bond donors (Lipinski definition) is 3. The largest absolute Gasteiger partial charge is 0.376 e. The van der Waals surface area contributed by atoms with E-state index in [1.54, 1.807) is 24.3 Å². The number of halogens is 1. The molecule has 1 aromatic heterocycles. The van der Waals surface area contributed by atoms with Gasteiger partial charge in [0.05, 0.1) is 16.7 Å². The van der Waals surface area contributed by atoms with Crippen molar-refractivity contribution in [3.05, 3.63) is 70.9 Å². The molecule has 7 heteroatoms. The van der Waals surface area contributed by atoms with Crippen LogP contribution in [0.15, 0.2) is 54.7 Å². The lowest BCUT2D eigenvalue weighted by molar-refractivity contribution is -0.123. The second-order valence-corrected chi connectivity index (χ2v) is 7.86. The van der Waals surface area contributed by atoms with Gasteiger partial charge in [-0.15, -0.1) is 0 Å². The van der Waals surface area contributed by atoms with Crippen molar-refractivity contribution >= 4 is 34.3 Å². The lowest BCUT2D eigenvalue weighted by Crippen LogP contribution is -2.49. The summed E-state index contributed by atoms with van der Waals surface area (Å²) < 4.78 is 5.59. The Hall–Kier alpha value is -2.83. The molecule has 2 aromatic carbocycles. The van der Waals surface area contributed by atoms with Crippen LogP contribution in [0.2, 0.25) is 5.02 Å². The van der Waals surface area contributed by atoms with E-state index in [4.69, 9.17) is 16.3 Å². The maximum atomic E-state index is 13.0. The van der Waals surface area contributed by atoms with Gasteiger partial charge < -0.3 is 20.4 Å². The topological polar surface area (TPSA) is 83.2 Å². The highest BCUT2D eigenvalue weighted by molar-refractivity contribution is 6.33. The Kier molecular flexibility index (Phi) is 6.35. The summed E-state index contributed by atoms with van der Waals surface area (Å²) in [6.07, 6.45) is 4.20. The molecule has 156 valence electrons. The molecule has 0 radical (unpaired) electrons. The Morgan fingerprint density at radius 1 is 1.17 bits per heavy atom. The second-order valence-electron chi connectivity index (χ2n) is 7.45. The van der Waals surface area contributed by atoms with Crippen molar-refractivity contribution < 1.29 is 14.3 Å². The van der Waals surface area contributed by atoms with Crippen LogP contribution in [-0.2, 0) is 16.0 Å². The van der Waals surface area contributed by atoms with Gasteiger partial charge in [-0.05, 0) is 36.6 Å². The number of aromatic nitrogens is 1. The lowest BCUT2D eigenvalue weighted by Gasteiger charge is -2.20. The highest BCUT2D eigenvalue weighted by Crippen LogP contribution is 2.20. The van der Waals surface area contributed by atoms with Crippen LogP contribution >= 0.6 is 11.6 Å². The molecular weight excluding hydrogens is 402 g/mol. The van der Waals surface area contributed by atoms with E-state index in [9.17, 15) is 9.59 Å². The third-order valence-electron chi connectivity index (χ3n) is 5.37. The zero-order valence-corrected chi connectivity index (χ0v) is 17.2. The van der Waals surface area contributed by atoms with Crippen LogP contribution in [0, 0.1) is 0 Å². The number of rotatable bonds is 7. The monoisotopic (exact) mass is 425 g/mol. The van der Waals surface area contributed by atoms with Crippen LogP contribution in [0.5, 0.6) is 0 Å². The van der Waals surface area contributed by atoms with Gasteiger partial charge in [-0.1, -0.05) is 41.9 Å². The number of H-pyrrole nitrogens is 1. The number of aromatic amines is 1. The maximum Gasteiger partial charge on any atom is 0.253 e. The summed E-state index contributed by atoms with van der Waals surface area (Å²) in [6, 6.07) is 13.9. The maximum absolute atomic E-state index is 13.0. The minimum atomic E-state index is -0.741. The van der Waals surface area contributed by atoms with Gasteiger partial charge in [0, 0.05) is 36.7 Å².